The third kappa shape index (κ3) is 12.9. The van der Waals surface area contributed by atoms with Crippen LogP contribution < -0.4 is 16.0 Å². The van der Waals surface area contributed by atoms with Crippen molar-refractivity contribution in [3.63, 3.8) is 0 Å². The standard InChI is InChI=1S/C13H25N3O5/c1-13(2,3)21-12(19)16-7-5-6-15-11(18)9-20-8-10(17)14-4/h5-9H2,1-4H3,(H,14,17)(H,15,18)(H,16,19). The minimum atomic E-state index is -0.527. The molecule has 0 rings (SSSR count). The van der Waals surface area contributed by atoms with Gasteiger partial charge in [0.1, 0.15) is 18.8 Å². The highest BCUT2D eigenvalue weighted by atomic mass is 16.6. The Hall–Kier alpha value is -1.83. The van der Waals surface area contributed by atoms with Crippen LogP contribution in [-0.4, -0.2) is 56.9 Å². The smallest absolute Gasteiger partial charge is 0.407 e. The van der Waals surface area contributed by atoms with Gasteiger partial charge >= 0.3 is 6.09 Å². The van der Waals surface area contributed by atoms with Crippen LogP contribution >= 0.6 is 0 Å². The average molecular weight is 303 g/mol. The maximum absolute atomic E-state index is 11.3. The molecule has 0 aliphatic carbocycles. The molecule has 0 aliphatic rings. The minimum absolute atomic E-state index is 0.149. The largest absolute Gasteiger partial charge is 0.444 e. The van der Waals surface area contributed by atoms with Gasteiger partial charge in [0.15, 0.2) is 0 Å². The Morgan fingerprint density at radius 2 is 1.52 bits per heavy atom. The summed E-state index contributed by atoms with van der Waals surface area (Å²) in [5, 5.41) is 7.57. The average Bonchev–Trinajstić information content (AvgIpc) is 2.35. The van der Waals surface area contributed by atoms with E-state index in [1.807, 2.05) is 0 Å². The fourth-order valence-electron chi connectivity index (χ4n) is 1.18. The molecule has 21 heavy (non-hydrogen) atoms. The second kappa shape index (κ2) is 9.98. The van der Waals surface area contributed by atoms with E-state index in [4.69, 9.17) is 9.47 Å². The Labute approximate surface area is 124 Å². The molecule has 0 saturated carbocycles. The molecule has 0 aliphatic heterocycles. The first-order valence-corrected chi connectivity index (χ1v) is 6.76. The number of nitrogens with one attached hydrogen (secondary N) is 3. The van der Waals surface area contributed by atoms with Crippen LogP contribution in [0.3, 0.4) is 0 Å². The molecule has 0 fully saturated rings. The van der Waals surface area contributed by atoms with Crippen molar-refractivity contribution >= 4 is 17.9 Å². The Kier molecular flexibility index (Phi) is 9.11. The summed E-state index contributed by atoms with van der Waals surface area (Å²) in [5.41, 5.74) is -0.527. The lowest BCUT2D eigenvalue weighted by Gasteiger charge is -2.19. The third-order valence-electron chi connectivity index (χ3n) is 2.09. The van der Waals surface area contributed by atoms with Crippen LogP contribution in [0.4, 0.5) is 4.79 Å². The number of ether oxygens (including phenoxy) is 2. The molecule has 8 heteroatoms. The maximum atomic E-state index is 11.3. The molecule has 8 nitrogen and oxygen atoms in total. The first kappa shape index (κ1) is 19.2. The van der Waals surface area contributed by atoms with Crippen LogP contribution in [0, 0.1) is 0 Å². The summed E-state index contributed by atoms with van der Waals surface area (Å²) in [6.07, 6.45) is 0.0863. The van der Waals surface area contributed by atoms with E-state index in [-0.39, 0.29) is 25.0 Å². The van der Waals surface area contributed by atoms with E-state index in [2.05, 4.69) is 16.0 Å². The van der Waals surface area contributed by atoms with Gasteiger partial charge in [-0.3, -0.25) is 9.59 Å². The van der Waals surface area contributed by atoms with E-state index < -0.39 is 11.7 Å². The van der Waals surface area contributed by atoms with E-state index >= 15 is 0 Å². The van der Waals surface area contributed by atoms with E-state index in [0.29, 0.717) is 19.5 Å². The molecule has 0 atom stereocenters. The van der Waals surface area contributed by atoms with Crippen LogP contribution in [0.2, 0.25) is 0 Å². The van der Waals surface area contributed by atoms with Crippen LogP contribution in [0.25, 0.3) is 0 Å². The Balaban J connectivity index is 3.52. The lowest BCUT2D eigenvalue weighted by molar-refractivity contribution is -0.130. The van der Waals surface area contributed by atoms with Gasteiger partial charge in [-0.05, 0) is 27.2 Å². The molecule has 0 unspecified atom stereocenters. The predicted octanol–water partition coefficient (Wildman–Crippen LogP) is -0.220. The second-order valence-electron chi connectivity index (χ2n) is 5.30. The van der Waals surface area contributed by atoms with Crippen molar-refractivity contribution in [2.45, 2.75) is 32.8 Å². The predicted molar refractivity (Wildman–Crippen MR) is 76.7 cm³/mol. The summed E-state index contributed by atoms with van der Waals surface area (Å²) in [5.74, 6) is -0.597. The van der Waals surface area contributed by atoms with Gasteiger partial charge in [-0.25, -0.2) is 4.79 Å². The van der Waals surface area contributed by atoms with Crippen LogP contribution in [-0.2, 0) is 19.1 Å². The number of hydrogen-bond donors (Lipinski definition) is 3. The Morgan fingerprint density at radius 3 is 2.10 bits per heavy atom. The fourth-order valence-corrected chi connectivity index (χ4v) is 1.18. The van der Waals surface area contributed by atoms with Gasteiger partial charge in [0.25, 0.3) is 0 Å². The molecule has 3 amide bonds. The van der Waals surface area contributed by atoms with E-state index in [1.54, 1.807) is 20.8 Å². The first-order chi connectivity index (χ1) is 9.74. The van der Waals surface area contributed by atoms with Crippen molar-refractivity contribution in [1.29, 1.82) is 0 Å². The molecular formula is C13H25N3O5. The van der Waals surface area contributed by atoms with Crippen LogP contribution in [0.1, 0.15) is 27.2 Å². The van der Waals surface area contributed by atoms with Gasteiger partial charge < -0.3 is 25.4 Å². The molecule has 0 aromatic carbocycles. The minimum Gasteiger partial charge on any atom is -0.444 e. The van der Waals surface area contributed by atoms with Gasteiger partial charge in [0.2, 0.25) is 11.8 Å². The summed E-state index contributed by atoms with van der Waals surface area (Å²) < 4.78 is 9.94. The summed E-state index contributed by atoms with van der Waals surface area (Å²) in [6, 6.07) is 0. The van der Waals surface area contributed by atoms with Crippen molar-refractivity contribution in [2.24, 2.45) is 0 Å². The van der Waals surface area contributed by atoms with Crippen molar-refractivity contribution < 1.29 is 23.9 Å². The topological polar surface area (TPSA) is 106 Å². The monoisotopic (exact) mass is 303 g/mol. The highest BCUT2D eigenvalue weighted by Crippen LogP contribution is 2.06. The molecule has 0 heterocycles. The number of likely N-dealkylation sites (N-methyl/N-ethyl adjacent to an activating group) is 1. The maximum Gasteiger partial charge on any atom is 0.407 e. The van der Waals surface area contributed by atoms with Crippen molar-refractivity contribution in [3.05, 3.63) is 0 Å². The highest BCUT2D eigenvalue weighted by Gasteiger charge is 2.15. The molecule has 0 radical (unpaired) electrons. The molecule has 3 N–H and O–H groups in total. The van der Waals surface area contributed by atoms with Crippen molar-refractivity contribution in [2.75, 3.05) is 33.4 Å². The third-order valence-corrected chi connectivity index (χ3v) is 2.09. The summed E-state index contributed by atoms with van der Waals surface area (Å²) in [4.78, 5) is 33.5. The number of alkyl carbamates (subject to hydrolysis) is 1. The molecule has 0 aromatic rings. The fraction of sp³-hybridized carbons (Fsp3) is 0.769. The summed E-state index contributed by atoms with van der Waals surface area (Å²) >= 11 is 0. The van der Waals surface area contributed by atoms with Crippen molar-refractivity contribution in [1.82, 2.24) is 16.0 Å². The number of hydrogen-bond acceptors (Lipinski definition) is 5. The second-order valence-corrected chi connectivity index (χ2v) is 5.30. The Morgan fingerprint density at radius 1 is 0.952 bits per heavy atom. The molecule has 122 valence electrons. The SMILES string of the molecule is CNC(=O)COCC(=O)NCCCNC(=O)OC(C)(C)C. The number of amides is 3. The van der Waals surface area contributed by atoms with Gasteiger partial charge in [-0.2, -0.15) is 0 Å². The molecule has 0 saturated heterocycles. The number of rotatable bonds is 8. The number of carbonyl (C=O) groups excluding carboxylic acids is 3. The zero-order chi connectivity index (χ0) is 16.3. The van der Waals surface area contributed by atoms with E-state index in [1.165, 1.54) is 7.05 Å². The quantitative estimate of drug-likeness (QED) is 0.538. The van der Waals surface area contributed by atoms with E-state index in [9.17, 15) is 14.4 Å². The van der Waals surface area contributed by atoms with Crippen LogP contribution in [0.5, 0.6) is 0 Å². The lowest BCUT2D eigenvalue weighted by atomic mass is 10.2. The zero-order valence-corrected chi connectivity index (χ0v) is 13.1. The molecular weight excluding hydrogens is 278 g/mol. The zero-order valence-electron chi connectivity index (χ0n) is 13.1. The van der Waals surface area contributed by atoms with Gasteiger partial charge in [0.05, 0.1) is 0 Å². The van der Waals surface area contributed by atoms with Crippen molar-refractivity contribution in [3.8, 4) is 0 Å². The van der Waals surface area contributed by atoms with Crippen LogP contribution in [0.15, 0.2) is 0 Å². The molecule has 0 aromatic heterocycles. The lowest BCUT2D eigenvalue weighted by Crippen LogP contribution is -2.35. The molecule has 0 bridgehead atoms. The number of carbonyl (C=O) groups is 3. The molecule has 0 spiro atoms. The normalized spacial score (nSPS) is 10.7. The van der Waals surface area contributed by atoms with Gasteiger partial charge in [0, 0.05) is 20.1 Å². The summed E-state index contributed by atoms with van der Waals surface area (Å²) in [7, 11) is 1.49. The Bertz CT molecular complexity index is 352. The summed E-state index contributed by atoms with van der Waals surface area (Å²) in [6.45, 7) is 5.83. The first-order valence-electron chi connectivity index (χ1n) is 6.76. The van der Waals surface area contributed by atoms with E-state index in [0.717, 1.165) is 0 Å². The highest BCUT2D eigenvalue weighted by molar-refractivity contribution is 5.79. The van der Waals surface area contributed by atoms with Gasteiger partial charge in [-0.1, -0.05) is 0 Å². The van der Waals surface area contributed by atoms with Gasteiger partial charge in [-0.15, -0.1) is 0 Å².